The number of carbonyl (C=O) groups is 2. The Hall–Kier alpha value is -4.28. The molecule has 1 saturated heterocycles. The highest BCUT2D eigenvalue weighted by Crippen LogP contribution is 2.29. The molecule has 0 spiro atoms. The van der Waals surface area contributed by atoms with Gasteiger partial charge in [0.25, 0.3) is 0 Å². The molecular weight excluding hydrogens is 498 g/mol. The summed E-state index contributed by atoms with van der Waals surface area (Å²) in [5.41, 5.74) is 1.54. The maximum atomic E-state index is 13.5. The van der Waals surface area contributed by atoms with E-state index in [1.54, 1.807) is 30.5 Å². The molecule has 202 valence electrons. The third kappa shape index (κ3) is 6.08. The second-order valence-electron chi connectivity index (χ2n) is 9.68. The summed E-state index contributed by atoms with van der Waals surface area (Å²) < 4.78 is 11.8. The van der Waals surface area contributed by atoms with Crippen molar-refractivity contribution >= 4 is 28.5 Å². The molecule has 0 aliphatic carbocycles. The molecule has 1 fully saturated rings. The summed E-state index contributed by atoms with van der Waals surface area (Å²) in [5.74, 6) is 1.33. The van der Waals surface area contributed by atoms with Gasteiger partial charge in [-0.1, -0.05) is 18.2 Å². The molecule has 0 bridgehead atoms. The van der Waals surface area contributed by atoms with Crippen LogP contribution in [0.3, 0.4) is 0 Å². The maximum absolute atomic E-state index is 13.5. The van der Waals surface area contributed by atoms with E-state index in [-0.39, 0.29) is 24.0 Å². The third-order valence-electron chi connectivity index (χ3n) is 6.77. The minimum Gasteiger partial charge on any atom is -0.457 e. The Balaban J connectivity index is 1.27. The number of anilines is 1. The number of nitrogens with zero attached hydrogens (tertiary/aromatic N) is 2. The van der Waals surface area contributed by atoms with E-state index in [2.05, 4.69) is 25.6 Å². The van der Waals surface area contributed by atoms with Crippen LogP contribution in [-0.2, 0) is 9.53 Å². The van der Waals surface area contributed by atoms with E-state index in [1.807, 2.05) is 37.3 Å². The van der Waals surface area contributed by atoms with Gasteiger partial charge in [0.1, 0.15) is 35.4 Å². The largest absolute Gasteiger partial charge is 0.457 e. The van der Waals surface area contributed by atoms with Crippen LogP contribution in [0.25, 0.3) is 11.0 Å². The number of H-pyrrole nitrogens is 1. The number of fused-ring (bicyclic) bond motifs is 1. The Kier molecular flexibility index (Phi) is 7.85. The number of aliphatic hydroxyl groups excluding tert-OH is 1. The number of aliphatic hydroxyl groups is 1. The van der Waals surface area contributed by atoms with Crippen LogP contribution < -0.4 is 15.4 Å². The van der Waals surface area contributed by atoms with Crippen molar-refractivity contribution in [3.63, 3.8) is 0 Å². The summed E-state index contributed by atoms with van der Waals surface area (Å²) in [4.78, 5) is 37.1. The Morgan fingerprint density at radius 1 is 1.05 bits per heavy atom. The normalized spacial score (nSPS) is 18.7. The molecule has 10 nitrogen and oxygen atoms in total. The summed E-state index contributed by atoms with van der Waals surface area (Å²) >= 11 is 0. The summed E-state index contributed by atoms with van der Waals surface area (Å²) in [5, 5.41) is 16.3. The molecule has 2 aromatic heterocycles. The number of benzene rings is 2. The SMILES string of the molecule is C[C@H](O)C(=O)N[C@@H](C)[C@@H]1CC[C@@H](Nc2ncnc3[nH]cc(C(=O)c4ccc(Oc5ccccc5)cc4)c23)CO1. The monoisotopic (exact) mass is 529 g/mol. The fourth-order valence-corrected chi connectivity index (χ4v) is 4.62. The van der Waals surface area contributed by atoms with E-state index < -0.39 is 12.0 Å². The zero-order valence-corrected chi connectivity index (χ0v) is 21.8. The van der Waals surface area contributed by atoms with E-state index in [9.17, 15) is 14.7 Å². The van der Waals surface area contributed by atoms with Crippen molar-refractivity contribution in [3.8, 4) is 11.5 Å². The van der Waals surface area contributed by atoms with Crippen LogP contribution in [-0.4, -0.2) is 62.6 Å². The maximum Gasteiger partial charge on any atom is 0.248 e. The number of ketones is 1. The van der Waals surface area contributed by atoms with Crippen molar-refractivity contribution in [1.29, 1.82) is 0 Å². The second kappa shape index (κ2) is 11.6. The molecule has 2 aromatic carbocycles. The Morgan fingerprint density at radius 3 is 2.49 bits per heavy atom. The van der Waals surface area contributed by atoms with Crippen molar-refractivity contribution < 1.29 is 24.2 Å². The fraction of sp³-hybridized carbons (Fsp3) is 0.310. The van der Waals surface area contributed by atoms with Crippen LogP contribution in [0.5, 0.6) is 11.5 Å². The molecule has 4 N–H and O–H groups in total. The first kappa shape index (κ1) is 26.3. The molecule has 0 radical (unpaired) electrons. The highest BCUT2D eigenvalue weighted by atomic mass is 16.5. The predicted octanol–water partition coefficient (Wildman–Crippen LogP) is 3.83. The quantitative estimate of drug-likeness (QED) is 0.240. The second-order valence-corrected chi connectivity index (χ2v) is 9.68. The van der Waals surface area contributed by atoms with Crippen LogP contribution in [0.15, 0.2) is 67.1 Å². The lowest BCUT2D eigenvalue weighted by Crippen LogP contribution is -2.49. The lowest BCUT2D eigenvalue weighted by atomic mass is 9.99. The highest BCUT2D eigenvalue weighted by molar-refractivity contribution is 6.18. The van der Waals surface area contributed by atoms with Crippen molar-refractivity contribution in [2.45, 2.75) is 51.0 Å². The minimum absolute atomic E-state index is 0.0358. The van der Waals surface area contributed by atoms with Gasteiger partial charge in [-0.15, -0.1) is 0 Å². The number of rotatable bonds is 9. The predicted molar refractivity (Wildman–Crippen MR) is 146 cm³/mol. The van der Waals surface area contributed by atoms with Gasteiger partial charge in [-0.3, -0.25) is 9.59 Å². The van der Waals surface area contributed by atoms with E-state index in [1.165, 1.54) is 13.3 Å². The number of amides is 1. The highest BCUT2D eigenvalue weighted by Gasteiger charge is 2.28. The van der Waals surface area contributed by atoms with Gasteiger partial charge in [-0.05, 0) is 63.1 Å². The van der Waals surface area contributed by atoms with E-state index in [4.69, 9.17) is 9.47 Å². The Bertz CT molecular complexity index is 1430. The molecule has 4 atom stereocenters. The number of para-hydroxylation sites is 1. The number of ether oxygens (including phenoxy) is 2. The van der Waals surface area contributed by atoms with Crippen molar-refractivity contribution in [2.24, 2.45) is 0 Å². The summed E-state index contributed by atoms with van der Waals surface area (Å²) in [6.45, 7) is 3.70. The number of hydrogen-bond donors (Lipinski definition) is 4. The van der Waals surface area contributed by atoms with Crippen LogP contribution in [0, 0.1) is 0 Å². The van der Waals surface area contributed by atoms with Gasteiger partial charge in [0.2, 0.25) is 5.91 Å². The molecule has 1 amide bonds. The number of nitrogens with one attached hydrogen (secondary N) is 3. The molecule has 0 unspecified atom stereocenters. The van der Waals surface area contributed by atoms with E-state index in [0.29, 0.717) is 46.8 Å². The smallest absolute Gasteiger partial charge is 0.248 e. The molecule has 0 saturated carbocycles. The van der Waals surface area contributed by atoms with Crippen LogP contribution >= 0.6 is 0 Å². The summed E-state index contributed by atoms with van der Waals surface area (Å²) in [6.07, 6.45) is 3.37. The fourth-order valence-electron chi connectivity index (χ4n) is 4.62. The minimum atomic E-state index is -1.07. The summed E-state index contributed by atoms with van der Waals surface area (Å²) in [7, 11) is 0. The zero-order valence-electron chi connectivity index (χ0n) is 21.8. The topological polar surface area (TPSA) is 138 Å². The molecular formula is C29H31N5O5. The van der Waals surface area contributed by atoms with E-state index >= 15 is 0 Å². The van der Waals surface area contributed by atoms with Crippen LogP contribution in [0.4, 0.5) is 5.82 Å². The molecule has 3 heterocycles. The van der Waals surface area contributed by atoms with Gasteiger partial charge in [-0.25, -0.2) is 9.97 Å². The number of aromatic amines is 1. The zero-order chi connectivity index (χ0) is 27.4. The molecule has 1 aliphatic rings. The van der Waals surface area contributed by atoms with Crippen molar-refractivity contribution in [2.75, 3.05) is 11.9 Å². The lowest BCUT2D eigenvalue weighted by molar-refractivity contribution is -0.130. The van der Waals surface area contributed by atoms with Crippen molar-refractivity contribution in [1.82, 2.24) is 20.3 Å². The molecule has 1 aliphatic heterocycles. The number of carbonyl (C=O) groups excluding carboxylic acids is 2. The molecule has 10 heteroatoms. The standard InChI is InChI=1S/C29H31N5O5/c1-17(33-29(37)18(2)35)24-13-10-20(15-38-24)34-28-25-23(14-30-27(25)31-16-32-28)26(36)19-8-11-22(12-9-19)39-21-6-4-3-5-7-21/h3-9,11-12,14,16-18,20,24,35H,10,13,15H2,1-2H3,(H,33,37)(H2,30,31,32,34)/t17-,18-,20+,24-/m0/s1. The van der Waals surface area contributed by atoms with Gasteiger partial charge >= 0.3 is 0 Å². The molecule has 39 heavy (non-hydrogen) atoms. The van der Waals surface area contributed by atoms with Gasteiger partial charge in [0, 0.05) is 11.8 Å². The average molecular weight is 530 g/mol. The number of hydrogen-bond acceptors (Lipinski definition) is 8. The number of aromatic nitrogens is 3. The Labute approximate surface area is 225 Å². The lowest BCUT2D eigenvalue weighted by Gasteiger charge is -2.33. The van der Waals surface area contributed by atoms with Crippen LogP contribution in [0.2, 0.25) is 0 Å². The molecule has 5 rings (SSSR count). The van der Waals surface area contributed by atoms with Crippen LogP contribution in [0.1, 0.15) is 42.6 Å². The van der Waals surface area contributed by atoms with Gasteiger partial charge in [0.05, 0.1) is 35.7 Å². The first-order chi connectivity index (χ1) is 18.9. The first-order valence-corrected chi connectivity index (χ1v) is 13.0. The first-order valence-electron chi connectivity index (χ1n) is 13.0. The van der Waals surface area contributed by atoms with Gasteiger partial charge in [-0.2, -0.15) is 0 Å². The third-order valence-corrected chi connectivity index (χ3v) is 6.77. The average Bonchev–Trinajstić information content (AvgIpc) is 3.39. The van der Waals surface area contributed by atoms with Crippen molar-refractivity contribution in [3.05, 3.63) is 78.2 Å². The van der Waals surface area contributed by atoms with Gasteiger partial charge in [0.15, 0.2) is 5.78 Å². The molecule has 4 aromatic rings. The Morgan fingerprint density at radius 2 is 1.79 bits per heavy atom. The van der Waals surface area contributed by atoms with E-state index in [0.717, 1.165) is 12.2 Å². The van der Waals surface area contributed by atoms with Gasteiger partial charge < -0.3 is 30.2 Å². The summed E-state index contributed by atoms with van der Waals surface area (Å²) in [6, 6.07) is 16.2.